The molecule has 1 heterocycles. The van der Waals surface area contributed by atoms with Gasteiger partial charge in [-0.3, -0.25) is 4.79 Å². The van der Waals surface area contributed by atoms with Crippen LogP contribution in [-0.2, 0) is 0 Å². The second-order valence-electron chi connectivity index (χ2n) is 4.92. The van der Waals surface area contributed by atoms with Crippen molar-refractivity contribution in [1.82, 2.24) is 4.90 Å². The van der Waals surface area contributed by atoms with Crippen molar-refractivity contribution in [2.45, 2.75) is 6.42 Å². The predicted molar refractivity (Wildman–Crippen MR) is 84.2 cm³/mol. The Bertz CT molecular complexity index is 726. The van der Waals surface area contributed by atoms with Gasteiger partial charge >= 0.3 is 0 Å². The van der Waals surface area contributed by atoms with Gasteiger partial charge in [0, 0.05) is 22.8 Å². The molecule has 0 radical (unpaired) electrons. The lowest BCUT2D eigenvalue weighted by atomic mass is 10.1. The molecule has 0 unspecified atom stereocenters. The third-order valence-corrected chi connectivity index (χ3v) is 3.95. The summed E-state index contributed by atoms with van der Waals surface area (Å²) in [5.41, 5.74) is 2.58. The highest BCUT2D eigenvalue weighted by Gasteiger charge is 2.21. The van der Waals surface area contributed by atoms with Crippen molar-refractivity contribution in [3.8, 4) is 0 Å². The fourth-order valence-corrected chi connectivity index (χ4v) is 2.81. The molecule has 2 aromatic rings. The van der Waals surface area contributed by atoms with Gasteiger partial charge in [0.25, 0.3) is 5.91 Å². The third kappa shape index (κ3) is 3.05. The van der Waals surface area contributed by atoms with Crippen molar-refractivity contribution in [3.05, 3.63) is 76.1 Å². The SMILES string of the molecule is O=C(c1cccc(F)c1)N1C=C(c2cccc(Br)c2)CC1. The van der Waals surface area contributed by atoms with E-state index in [2.05, 4.69) is 15.9 Å². The first-order valence-corrected chi connectivity index (χ1v) is 7.46. The van der Waals surface area contributed by atoms with Gasteiger partial charge in [-0.05, 0) is 47.9 Å². The number of carbonyl (C=O) groups excluding carboxylic acids is 1. The first kappa shape index (κ1) is 14.0. The lowest BCUT2D eigenvalue weighted by molar-refractivity contribution is 0.0832. The van der Waals surface area contributed by atoms with Gasteiger partial charge in [0.2, 0.25) is 0 Å². The number of carbonyl (C=O) groups is 1. The number of nitrogens with zero attached hydrogens (tertiary/aromatic N) is 1. The summed E-state index contributed by atoms with van der Waals surface area (Å²) in [5.74, 6) is -0.560. The van der Waals surface area contributed by atoms with Crippen LogP contribution in [0, 0.1) is 5.82 Å². The average Bonchev–Trinajstić information content (AvgIpc) is 2.96. The molecular formula is C17H13BrFNO. The average molecular weight is 346 g/mol. The summed E-state index contributed by atoms with van der Waals surface area (Å²) in [6.07, 6.45) is 2.66. The molecule has 0 fully saturated rings. The van der Waals surface area contributed by atoms with Crippen LogP contribution in [0.25, 0.3) is 5.57 Å². The zero-order valence-electron chi connectivity index (χ0n) is 11.2. The third-order valence-electron chi connectivity index (χ3n) is 3.46. The predicted octanol–water partition coefficient (Wildman–Crippen LogP) is 4.48. The van der Waals surface area contributed by atoms with E-state index < -0.39 is 5.82 Å². The van der Waals surface area contributed by atoms with Gasteiger partial charge in [0.05, 0.1) is 0 Å². The van der Waals surface area contributed by atoms with Crippen molar-refractivity contribution in [3.63, 3.8) is 0 Å². The number of hydrogen-bond acceptors (Lipinski definition) is 1. The second kappa shape index (κ2) is 5.82. The summed E-state index contributed by atoms with van der Waals surface area (Å²) in [6, 6.07) is 13.8. The first-order chi connectivity index (χ1) is 10.1. The Balaban J connectivity index is 1.84. The van der Waals surface area contributed by atoms with E-state index in [9.17, 15) is 9.18 Å². The fraction of sp³-hybridized carbons (Fsp3) is 0.118. The quantitative estimate of drug-likeness (QED) is 0.785. The van der Waals surface area contributed by atoms with Crippen molar-refractivity contribution >= 4 is 27.4 Å². The molecule has 1 amide bonds. The van der Waals surface area contributed by atoms with Gasteiger partial charge in [0.1, 0.15) is 5.82 Å². The summed E-state index contributed by atoms with van der Waals surface area (Å²) in [5, 5.41) is 0. The summed E-state index contributed by atoms with van der Waals surface area (Å²) >= 11 is 3.45. The Hall–Kier alpha value is -1.94. The van der Waals surface area contributed by atoms with Gasteiger partial charge in [0.15, 0.2) is 0 Å². The monoisotopic (exact) mass is 345 g/mol. The van der Waals surface area contributed by atoms with Gasteiger partial charge < -0.3 is 4.90 Å². The highest BCUT2D eigenvalue weighted by Crippen LogP contribution is 2.27. The van der Waals surface area contributed by atoms with Crippen LogP contribution in [0.3, 0.4) is 0 Å². The summed E-state index contributed by atoms with van der Waals surface area (Å²) in [4.78, 5) is 14.0. The Morgan fingerprint density at radius 1 is 1.14 bits per heavy atom. The van der Waals surface area contributed by atoms with Crippen molar-refractivity contribution in [2.24, 2.45) is 0 Å². The highest BCUT2D eigenvalue weighted by atomic mass is 79.9. The molecule has 0 aromatic heterocycles. The molecule has 0 saturated heterocycles. The molecule has 0 spiro atoms. The van der Waals surface area contributed by atoms with E-state index in [1.54, 1.807) is 17.0 Å². The zero-order chi connectivity index (χ0) is 14.8. The van der Waals surface area contributed by atoms with Crippen LogP contribution in [0.4, 0.5) is 4.39 Å². The molecule has 0 aliphatic carbocycles. The lowest BCUT2D eigenvalue weighted by Gasteiger charge is -2.12. The molecule has 1 aliphatic rings. The van der Waals surface area contributed by atoms with Gasteiger partial charge in [-0.1, -0.05) is 34.1 Å². The van der Waals surface area contributed by atoms with Crippen molar-refractivity contribution < 1.29 is 9.18 Å². The molecule has 21 heavy (non-hydrogen) atoms. The Labute approximate surface area is 131 Å². The van der Waals surface area contributed by atoms with Crippen LogP contribution in [0.1, 0.15) is 22.3 Å². The molecule has 0 N–H and O–H groups in total. The number of hydrogen-bond donors (Lipinski definition) is 0. The van der Waals surface area contributed by atoms with E-state index in [0.717, 1.165) is 22.0 Å². The molecule has 0 atom stereocenters. The summed E-state index contributed by atoms with van der Waals surface area (Å²) in [7, 11) is 0. The maximum absolute atomic E-state index is 13.2. The lowest BCUT2D eigenvalue weighted by Crippen LogP contribution is -2.23. The van der Waals surface area contributed by atoms with E-state index in [4.69, 9.17) is 0 Å². The van der Waals surface area contributed by atoms with Gasteiger partial charge in [-0.25, -0.2) is 4.39 Å². The molecule has 1 aliphatic heterocycles. The molecule has 0 bridgehead atoms. The molecule has 0 saturated carbocycles. The molecule has 106 valence electrons. The number of benzene rings is 2. The number of halogens is 2. The van der Waals surface area contributed by atoms with E-state index in [1.165, 1.54) is 12.1 Å². The summed E-state index contributed by atoms with van der Waals surface area (Å²) in [6.45, 7) is 0.622. The zero-order valence-corrected chi connectivity index (χ0v) is 12.8. The molecule has 2 aromatic carbocycles. The molecule has 3 rings (SSSR count). The van der Waals surface area contributed by atoms with Crippen LogP contribution < -0.4 is 0 Å². The molecular weight excluding hydrogens is 333 g/mol. The van der Waals surface area contributed by atoms with E-state index in [0.29, 0.717) is 12.1 Å². The number of rotatable bonds is 2. The van der Waals surface area contributed by atoms with E-state index in [-0.39, 0.29) is 5.91 Å². The standard InChI is InChI=1S/C17H13BrFNO/c18-15-5-1-3-12(9-15)14-7-8-20(11-14)17(21)13-4-2-6-16(19)10-13/h1-6,9-11H,7-8H2. The fourth-order valence-electron chi connectivity index (χ4n) is 2.41. The van der Waals surface area contributed by atoms with E-state index >= 15 is 0 Å². The highest BCUT2D eigenvalue weighted by molar-refractivity contribution is 9.10. The van der Waals surface area contributed by atoms with Gasteiger partial charge in [-0.15, -0.1) is 0 Å². The van der Waals surface area contributed by atoms with E-state index in [1.807, 2.05) is 30.5 Å². The smallest absolute Gasteiger partial charge is 0.257 e. The minimum absolute atomic E-state index is 0.167. The second-order valence-corrected chi connectivity index (χ2v) is 5.84. The molecule has 2 nitrogen and oxygen atoms in total. The number of amides is 1. The minimum Gasteiger partial charge on any atom is -0.314 e. The summed E-state index contributed by atoms with van der Waals surface area (Å²) < 4.78 is 14.2. The topological polar surface area (TPSA) is 20.3 Å². The van der Waals surface area contributed by atoms with Crippen molar-refractivity contribution in [2.75, 3.05) is 6.54 Å². The Morgan fingerprint density at radius 3 is 2.71 bits per heavy atom. The largest absolute Gasteiger partial charge is 0.314 e. The van der Waals surface area contributed by atoms with Crippen LogP contribution >= 0.6 is 15.9 Å². The molecule has 4 heteroatoms. The van der Waals surface area contributed by atoms with Gasteiger partial charge in [-0.2, -0.15) is 0 Å². The Kier molecular flexibility index (Phi) is 3.88. The maximum Gasteiger partial charge on any atom is 0.257 e. The van der Waals surface area contributed by atoms with Crippen LogP contribution in [0.2, 0.25) is 0 Å². The normalized spacial score (nSPS) is 14.2. The maximum atomic E-state index is 13.2. The minimum atomic E-state index is -0.392. The van der Waals surface area contributed by atoms with Crippen LogP contribution in [0.15, 0.2) is 59.2 Å². The van der Waals surface area contributed by atoms with Crippen LogP contribution in [0.5, 0.6) is 0 Å². The van der Waals surface area contributed by atoms with Crippen LogP contribution in [-0.4, -0.2) is 17.4 Å². The first-order valence-electron chi connectivity index (χ1n) is 6.67. The van der Waals surface area contributed by atoms with Crippen molar-refractivity contribution in [1.29, 1.82) is 0 Å². The Morgan fingerprint density at radius 2 is 1.95 bits per heavy atom.